The maximum absolute atomic E-state index is 13.1. The maximum Gasteiger partial charge on any atom is 1.00 e. The van der Waals surface area contributed by atoms with Crippen molar-refractivity contribution in [3.05, 3.63) is 24.3 Å². The second-order valence-electron chi connectivity index (χ2n) is 14.8. The van der Waals surface area contributed by atoms with E-state index in [0.717, 1.165) is 89.9 Å². The summed E-state index contributed by atoms with van der Waals surface area (Å²) in [6, 6.07) is 0. The first kappa shape index (κ1) is 61.5. The molecule has 0 aromatic heterocycles. The van der Waals surface area contributed by atoms with E-state index in [1.807, 2.05) is 0 Å². The average Bonchev–Trinajstić information content (AvgIpc) is 3.11. The maximum atomic E-state index is 13.1. The predicted molar refractivity (Wildman–Crippen MR) is 222 cm³/mol. The van der Waals surface area contributed by atoms with Crippen LogP contribution in [0.2, 0.25) is 0 Å². The SMILES string of the molecule is C=C(C)C([O-])=NCCCCCCCCCCC(=O)N(CCCCN(CCCS(=O)(=O)O)C(=O)CCCCCCCCCCN=C([O-])C(=C)C)CCCS(=O)(=O)O.[Na+].[Na+]. The van der Waals surface area contributed by atoms with Crippen LogP contribution in [0.1, 0.15) is 155 Å². The van der Waals surface area contributed by atoms with E-state index >= 15 is 0 Å². The van der Waals surface area contributed by atoms with Gasteiger partial charge in [-0.1, -0.05) is 90.2 Å². The van der Waals surface area contributed by atoms with Crippen LogP contribution in [-0.4, -0.2) is 110 Å². The van der Waals surface area contributed by atoms with Crippen LogP contribution in [-0.2, 0) is 29.8 Å². The zero-order chi connectivity index (χ0) is 42.2. The number of amides is 2. The smallest absolute Gasteiger partial charge is 0.859 e. The molecule has 0 heterocycles. The second kappa shape index (κ2) is 37.9. The van der Waals surface area contributed by atoms with Crippen LogP contribution in [0.3, 0.4) is 0 Å². The number of hydrogen-bond acceptors (Lipinski definition) is 10. The van der Waals surface area contributed by atoms with Gasteiger partial charge in [-0.25, -0.2) is 0 Å². The number of carbonyl (C=O) groups is 2. The summed E-state index contributed by atoms with van der Waals surface area (Å²) in [5.74, 6) is -1.53. The van der Waals surface area contributed by atoms with Crippen molar-refractivity contribution < 1.29 is 105 Å². The molecule has 58 heavy (non-hydrogen) atoms. The van der Waals surface area contributed by atoms with Gasteiger partial charge < -0.3 is 30.0 Å². The number of rotatable bonds is 37. The Bertz CT molecular complexity index is 1320. The molecule has 0 spiro atoms. The quantitative estimate of drug-likeness (QED) is 0.0272. The van der Waals surface area contributed by atoms with Gasteiger partial charge in [0.15, 0.2) is 0 Å². The monoisotopic (exact) mass is 878 g/mol. The van der Waals surface area contributed by atoms with E-state index in [0.29, 0.717) is 75.9 Å². The molecule has 0 aliphatic heterocycles. The van der Waals surface area contributed by atoms with Crippen molar-refractivity contribution >= 4 is 43.8 Å². The van der Waals surface area contributed by atoms with E-state index in [4.69, 9.17) is 0 Å². The third kappa shape index (κ3) is 39.3. The molecule has 0 rings (SSSR count). The molecule has 0 aromatic carbocycles. The van der Waals surface area contributed by atoms with Crippen molar-refractivity contribution in [3.63, 3.8) is 0 Å². The average molecular weight is 879 g/mol. The summed E-state index contributed by atoms with van der Waals surface area (Å²) in [7, 11) is -8.32. The van der Waals surface area contributed by atoms with Gasteiger partial charge in [0.25, 0.3) is 20.2 Å². The standard InChI is InChI=1S/C40H74N4O10S2.2Na/c1-35(2)39(47)41-27-19-15-11-7-5-9-13-17-25-37(45)43(31-23-33-55(49,50)51)29-21-22-30-44(32-24-34-56(52,53)54)38(46)26-18-14-10-6-8-12-16-20-28-42-40(48)36(3)4;;/h1,3,5-34H2,2,4H3,(H,41,47)(H,42,48)(H,49,50,51)(H,52,53,54);;/q;2*+1/p-2. The van der Waals surface area contributed by atoms with Gasteiger partial charge in [0.1, 0.15) is 0 Å². The molecule has 0 bridgehead atoms. The molecule has 0 unspecified atom stereocenters. The predicted octanol–water partition coefficient (Wildman–Crippen LogP) is -0.321. The van der Waals surface area contributed by atoms with Gasteiger partial charge in [0, 0.05) is 52.1 Å². The van der Waals surface area contributed by atoms with Gasteiger partial charge in [0.2, 0.25) is 11.8 Å². The van der Waals surface area contributed by atoms with Gasteiger partial charge in [-0.2, -0.15) is 16.8 Å². The van der Waals surface area contributed by atoms with Crippen LogP contribution in [0.5, 0.6) is 0 Å². The van der Waals surface area contributed by atoms with E-state index < -0.39 is 31.7 Å². The summed E-state index contributed by atoms with van der Waals surface area (Å²) >= 11 is 0. The molecule has 0 saturated carbocycles. The van der Waals surface area contributed by atoms with Gasteiger partial charge in [-0.05, 0) is 88.2 Å². The van der Waals surface area contributed by atoms with Crippen molar-refractivity contribution in [3.8, 4) is 0 Å². The fourth-order valence-corrected chi connectivity index (χ4v) is 7.04. The molecule has 0 aliphatic rings. The van der Waals surface area contributed by atoms with E-state index in [9.17, 15) is 45.7 Å². The van der Waals surface area contributed by atoms with Crippen molar-refractivity contribution in [2.24, 2.45) is 9.98 Å². The van der Waals surface area contributed by atoms with Crippen LogP contribution in [0.15, 0.2) is 34.3 Å². The Labute approximate surface area is 395 Å². The number of carbonyl (C=O) groups excluding carboxylic acids is 2. The van der Waals surface area contributed by atoms with E-state index in [-0.39, 0.29) is 109 Å². The minimum absolute atomic E-state index is 0. The molecule has 0 atom stereocenters. The van der Waals surface area contributed by atoms with Crippen molar-refractivity contribution in [1.29, 1.82) is 0 Å². The first-order valence-electron chi connectivity index (χ1n) is 20.6. The van der Waals surface area contributed by atoms with Gasteiger partial charge in [-0.3, -0.25) is 18.7 Å². The van der Waals surface area contributed by atoms with Crippen molar-refractivity contribution in [2.45, 2.75) is 155 Å². The van der Waals surface area contributed by atoms with E-state index in [1.54, 1.807) is 23.6 Å². The molecular formula is C40H72N4Na2O10S2. The number of aliphatic imine (C=N–C) groups is 2. The van der Waals surface area contributed by atoms with E-state index in [2.05, 4.69) is 23.1 Å². The Hall–Kier alpha value is -0.820. The van der Waals surface area contributed by atoms with Crippen LogP contribution < -0.4 is 69.3 Å². The Morgan fingerprint density at radius 1 is 0.483 bits per heavy atom. The summed E-state index contributed by atoms with van der Waals surface area (Å²) in [6.07, 6.45) is 17.3. The fourth-order valence-electron chi connectivity index (χ4n) is 6.05. The summed E-state index contributed by atoms with van der Waals surface area (Å²) in [5, 5.41) is 22.9. The first-order chi connectivity index (χ1) is 26.4. The van der Waals surface area contributed by atoms with Crippen LogP contribution in [0.25, 0.3) is 0 Å². The molecule has 2 amide bonds. The minimum Gasteiger partial charge on any atom is -0.859 e. The third-order valence-electron chi connectivity index (χ3n) is 9.31. The zero-order valence-electron chi connectivity index (χ0n) is 36.4. The Kier molecular flexibility index (Phi) is 40.2. The molecule has 0 saturated heterocycles. The molecule has 18 heteroatoms. The summed E-state index contributed by atoms with van der Waals surface area (Å²) in [4.78, 5) is 37.4. The zero-order valence-corrected chi connectivity index (χ0v) is 42.0. The molecule has 0 radical (unpaired) electrons. The third-order valence-corrected chi connectivity index (χ3v) is 10.9. The van der Waals surface area contributed by atoms with Gasteiger partial charge >= 0.3 is 59.1 Å². The molecule has 2 N–H and O–H groups in total. The van der Waals surface area contributed by atoms with Crippen LogP contribution >= 0.6 is 0 Å². The van der Waals surface area contributed by atoms with Crippen LogP contribution in [0, 0.1) is 0 Å². The summed E-state index contributed by atoms with van der Waals surface area (Å²) in [6.45, 7) is 12.6. The number of hydrogen-bond donors (Lipinski definition) is 2. The fraction of sp³-hybridized carbons (Fsp3) is 0.800. The Morgan fingerprint density at radius 3 is 1.02 bits per heavy atom. The Morgan fingerprint density at radius 2 is 0.741 bits per heavy atom. The molecule has 14 nitrogen and oxygen atoms in total. The molecule has 326 valence electrons. The molecule has 0 aromatic rings. The second-order valence-corrected chi connectivity index (χ2v) is 18.0. The van der Waals surface area contributed by atoms with Gasteiger partial charge in [-0.15, -0.1) is 0 Å². The normalized spacial score (nSPS) is 12.1. The summed E-state index contributed by atoms with van der Waals surface area (Å²) in [5.41, 5.74) is 0.898. The minimum atomic E-state index is -4.16. The first-order valence-corrected chi connectivity index (χ1v) is 23.8. The molecular weight excluding hydrogens is 807 g/mol. The Balaban J connectivity index is -0.0000151. The molecule has 0 fully saturated rings. The van der Waals surface area contributed by atoms with Crippen molar-refractivity contribution in [1.82, 2.24) is 9.80 Å². The topological polar surface area (TPSA) is 220 Å². The number of unbranched alkanes of at least 4 members (excludes halogenated alkanes) is 15. The van der Waals surface area contributed by atoms with E-state index in [1.165, 1.54) is 0 Å². The van der Waals surface area contributed by atoms with Crippen LogP contribution in [0.4, 0.5) is 0 Å². The molecule has 0 aliphatic carbocycles. The largest absolute Gasteiger partial charge is 1.00 e. The summed E-state index contributed by atoms with van der Waals surface area (Å²) < 4.78 is 63.6. The van der Waals surface area contributed by atoms with Gasteiger partial charge in [0.05, 0.1) is 11.5 Å². The number of nitrogens with zero attached hydrogens (tertiary/aromatic N) is 4. The van der Waals surface area contributed by atoms with Crippen molar-refractivity contribution in [2.75, 3.05) is 50.8 Å².